The Morgan fingerprint density at radius 3 is 2.69 bits per heavy atom. The Balaban J connectivity index is 1.18. The Kier molecular flexibility index (Phi) is 6.07. The second-order valence-corrected chi connectivity index (χ2v) is 13.2. The van der Waals surface area contributed by atoms with Crippen LogP contribution in [0.3, 0.4) is 0 Å². The molecule has 196 valence electrons. The molecule has 2 heterocycles. The van der Waals surface area contributed by atoms with E-state index in [0.717, 1.165) is 32.1 Å². The number of aliphatic hydroxyl groups is 2. The van der Waals surface area contributed by atoms with Crippen LogP contribution in [-0.4, -0.2) is 32.4 Å². The smallest absolute Gasteiger partial charge is 0.348 e. The molecule has 6 rings (SSSR count). The van der Waals surface area contributed by atoms with Crippen LogP contribution in [0.1, 0.15) is 84.4 Å². The van der Waals surface area contributed by atoms with E-state index in [1.54, 1.807) is 18.3 Å². The molecule has 0 saturated heterocycles. The van der Waals surface area contributed by atoms with Gasteiger partial charge in [0.25, 0.3) is 0 Å². The van der Waals surface area contributed by atoms with Gasteiger partial charge in [-0.25, -0.2) is 9.78 Å². The van der Waals surface area contributed by atoms with E-state index in [2.05, 4.69) is 30.7 Å². The summed E-state index contributed by atoms with van der Waals surface area (Å²) in [7, 11) is 0. The maximum atomic E-state index is 12.4. The van der Waals surface area contributed by atoms with E-state index >= 15 is 0 Å². The first-order valence-electron chi connectivity index (χ1n) is 14.3. The third-order valence-electron chi connectivity index (χ3n) is 11.7. The van der Waals surface area contributed by atoms with Crippen LogP contribution in [0, 0.1) is 46.3 Å². The van der Waals surface area contributed by atoms with E-state index in [4.69, 9.17) is 4.42 Å². The Morgan fingerprint density at radius 2 is 1.86 bits per heavy atom. The van der Waals surface area contributed by atoms with Gasteiger partial charge in [0.1, 0.15) is 5.39 Å². The minimum atomic E-state index is -0.352. The number of pyridine rings is 1. The van der Waals surface area contributed by atoms with Crippen molar-refractivity contribution in [2.75, 3.05) is 0 Å². The SMILES string of the molecule is C[C@H](CCc1nc2ncccc2c(=O)o1)[C@H]1CC[C@H]2[C@H]3C(CC[C@]12C)[C@@]1(C)CC[C@@H](O)C[C@H]1C[C@H]3O. The highest BCUT2D eigenvalue weighted by atomic mass is 16.4. The van der Waals surface area contributed by atoms with Crippen molar-refractivity contribution in [3.8, 4) is 0 Å². The Labute approximate surface area is 213 Å². The van der Waals surface area contributed by atoms with Crippen LogP contribution >= 0.6 is 0 Å². The summed E-state index contributed by atoms with van der Waals surface area (Å²) in [6.45, 7) is 7.34. The molecule has 4 aliphatic carbocycles. The van der Waals surface area contributed by atoms with Crippen LogP contribution < -0.4 is 5.63 Å². The Bertz CT molecular complexity index is 1180. The molecule has 1 unspecified atom stereocenters. The minimum Gasteiger partial charge on any atom is -0.408 e. The summed E-state index contributed by atoms with van der Waals surface area (Å²) in [5.74, 6) is 3.60. The summed E-state index contributed by atoms with van der Waals surface area (Å²) < 4.78 is 5.53. The fraction of sp³-hybridized carbons (Fsp3) is 0.767. The van der Waals surface area contributed by atoms with Gasteiger partial charge in [-0.2, -0.15) is 4.98 Å². The third-order valence-corrected chi connectivity index (χ3v) is 11.7. The molecule has 4 saturated carbocycles. The van der Waals surface area contributed by atoms with Gasteiger partial charge >= 0.3 is 5.63 Å². The lowest BCUT2D eigenvalue weighted by molar-refractivity contribution is -0.174. The molecule has 0 bridgehead atoms. The van der Waals surface area contributed by atoms with Crippen LogP contribution in [0.25, 0.3) is 11.0 Å². The molecule has 2 aromatic rings. The fourth-order valence-electron chi connectivity index (χ4n) is 9.78. The molecule has 4 aliphatic rings. The zero-order valence-electron chi connectivity index (χ0n) is 22.0. The summed E-state index contributed by atoms with van der Waals surface area (Å²) in [6, 6.07) is 3.44. The van der Waals surface area contributed by atoms with Gasteiger partial charge in [0.2, 0.25) is 5.89 Å². The maximum absolute atomic E-state index is 12.4. The van der Waals surface area contributed by atoms with Gasteiger partial charge in [0, 0.05) is 12.6 Å². The van der Waals surface area contributed by atoms with Crippen molar-refractivity contribution in [2.24, 2.45) is 46.3 Å². The molecule has 6 nitrogen and oxygen atoms in total. The van der Waals surface area contributed by atoms with Gasteiger partial charge in [-0.05, 0) is 116 Å². The third kappa shape index (κ3) is 3.77. The lowest BCUT2D eigenvalue weighted by Crippen LogP contribution is -2.58. The number of rotatable bonds is 4. The number of aliphatic hydroxyl groups excluding tert-OH is 2. The van der Waals surface area contributed by atoms with Gasteiger partial charge in [-0.3, -0.25) is 0 Å². The Hall–Kier alpha value is -1.79. The van der Waals surface area contributed by atoms with Gasteiger partial charge in [-0.1, -0.05) is 20.8 Å². The van der Waals surface area contributed by atoms with Crippen molar-refractivity contribution < 1.29 is 14.6 Å². The van der Waals surface area contributed by atoms with Gasteiger partial charge in [-0.15, -0.1) is 0 Å². The average Bonchev–Trinajstić information content (AvgIpc) is 3.21. The van der Waals surface area contributed by atoms with Crippen LogP contribution in [0.15, 0.2) is 27.5 Å². The second-order valence-electron chi connectivity index (χ2n) is 13.2. The van der Waals surface area contributed by atoms with E-state index in [-0.39, 0.29) is 28.7 Å². The lowest BCUT2D eigenvalue weighted by Gasteiger charge is -2.62. The summed E-state index contributed by atoms with van der Waals surface area (Å²) >= 11 is 0. The minimum absolute atomic E-state index is 0.185. The van der Waals surface area contributed by atoms with Gasteiger partial charge < -0.3 is 14.6 Å². The highest BCUT2D eigenvalue weighted by molar-refractivity contribution is 5.72. The van der Waals surface area contributed by atoms with Crippen LogP contribution in [-0.2, 0) is 6.42 Å². The Morgan fingerprint density at radius 1 is 1.08 bits per heavy atom. The predicted molar refractivity (Wildman–Crippen MR) is 138 cm³/mol. The lowest BCUT2D eigenvalue weighted by atomic mass is 9.43. The van der Waals surface area contributed by atoms with Crippen molar-refractivity contribution in [1.82, 2.24) is 9.97 Å². The van der Waals surface area contributed by atoms with Crippen molar-refractivity contribution >= 4 is 11.0 Å². The van der Waals surface area contributed by atoms with Crippen molar-refractivity contribution in [1.29, 1.82) is 0 Å². The monoisotopic (exact) mass is 494 g/mol. The molecule has 0 spiro atoms. The van der Waals surface area contributed by atoms with E-state index in [9.17, 15) is 15.0 Å². The number of hydrogen-bond donors (Lipinski definition) is 2. The quantitative estimate of drug-likeness (QED) is 0.611. The van der Waals surface area contributed by atoms with E-state index in [1.165, 1.54) is 25.7 Å². The van der Waals surface area contributed by atoms with Crippen LogP contribution in [0.4, 0.5) is 0 Å². The summed E-state index contributed by atoms with van der Waals surface area (Å²) in [5, 5.41) is 22.2. The topological polar surface area (TPSA) is 96.5 Å². The average molecular weight is 495 g/mol. The van der Waals surface area contributed by atoms with E-state index < -0.39 is 0 Å². The molecule has 0 aliphatic heterocycles. The molecule has 10 atom stereocenters. The van der Waals surface area contributed by atoms with Crippen LogP contribution in [0.5, 0.6) is 0 Å². The molecular weight excluding hydrogens is 452 g/mol. The standard InChI is InChI=1S/C30H42N2O4/c1-17(6-9-25-32-27-20(28(35)36-25)5-4-14-31-27)21-7-8-22-26-23(11-13-30(21,22)3)29(2)12-10-19(33)15-18(29)16-24(26)34/h4-5,14,17-19,21-24,26,33-34H,6-13,15-16H2,1-3H3/t17-,18+,19-,21-,22+,23?,24-,26+,29+,30-/m1/s1. The molecular formula is C30H42N2O4. The van der Waals surface area contributed by atoms with Crippen molar-refractivity contribution in [3.05, 3.63) is 34.6 Å². The highest BCUT2D eigenvalue weighted by Gasteiger charge is 2.62. The molecule has 0 aromatic carbocycles. The zero-order valence-corrected chi connectivity index (χ0v) is 22.0. The van der Waals surface area contributed by atoms with Crippen molar-refractivity contribution in [2.45, 2.75) is 97.2 Å². The molecule has 0 amide bonds. The largest absolute Gasteiger partial charge is 0.408 e. The van der Waals surface area contributed by atoms with Crippen molar-refractivity contribution in [3.63, 3.8) is 0 Å². The zero-order chi connectivity index (χ0) is 25.2. The van der Waals surface area contributed by atoms with Gasteiger partial charge in [0.15, 0.2) is 5.65 Å². The second kappa shape index (κ2) is 8.90. The molecule has 36 heavy (non-hydrogen) atoms. The molecule has 6 heteroatoms. The molecule has 0 radical (unpaired) electrons. The van der Waals surface area contributed by atoms with E-state index in [1.807, 2.05) is 0 Å². The predicted octanol–water partition coefficient (Wildman–Crippen LogP) is 5.14. The number of hydrogen-bond acceptors (Lipinski definition) is 6. The van der Waals surface area contributed by atoms with Crippen LogP contribution in [0.2, 0.25) is 0 Å². The number of nitrogens with zero attached hydrogens (tertiary/aromatic N) is 2. The first-order chi connectivity index (χ1) is 17.2. The number of aromatic nitrogens is 2. The number of fused-ring (bicyclic) bond motifs is 6. The van der Waals surface area contributed by atoms with E-state index in [0.29, 0.717) is 58.9 Å². The normalized spacial score (nSPS) is 43.0. The highest BCUT2D eigenvalue weighted by Crippen LogP contribution is 2.68. The summed E-state index contributed by atoms with van der Waals surface area (Å²) in [4.78, 5) is 21.1. The first kappa shape index (κ1) is 24.5. The fourth-order valence-corrected chi connectivity index (χ4v) is 9.78. The van der Waals surface area contributed by atoms with Gasteiger partial charge in [0.05, 0.1) is 12.2 Å². The number of aryl methyl sites for hydroxylation is 1. The summed E-state index contributed by atoms with van der Waals surface area (Å²) in [6.07, 6.45) is 11.4. The summed E-state index contributed by atoms with van der Waals surface area (Å²) in [5.41, 5.74) is 0.630. The molecule has 4 fully saturated rings. The first-order valence-corrected chi connectivity index (χ1v) is 14.3. The molecule has 2 N–H and O–H groups in total. The maximum Gasteiger partial charge on any atom is 0.348 e. The molecule has 2 aromatic heterocycles.